The molecule has 1 heterocycles. The highest BCUT2D eigenvalue weighted by molar-refractivity contribution is 5.85. The van der Waals surface area contributed by atoms with Gasteiger partial charge in [-0.25, -0.2) is 0 Å². The number of rotatable bonds is 6. The zero-order chi connectivity index (χ0) is 16.9. The molecule has 1 fully saturated rings. The first-order valence-corrected chi connectivity index (χ1v) is 9.27. The van der Waals surface area contributed by atoms with Crippen molar-refractivity contribution in [1.29, 1.82) is 0 Å². The van der Waals surface area contributed by atoms with E-state index in [1.54, 1.807) is 0 Å². The van der Waals surface area contributed by atoms with Crippen molar-refractivity contribution in [3.8, 4) is 11.5 Å². The van der Waals surface area contributed by atoms with Crippen LogP contribution in [0.4, 0.5) is 0 Å². The van der Waals surface area contributed by atoms with Crippen LogP contribution in [0.15, 0.2) is 48.7 Å². The summed E-state index contributed by atoms with van der Waals surface area (Å²) in [6.07, 6.45) is 8.82. The van der Waals surface area contributed by atoms with Crippen molar-refractivity contribution in [2.45, 2.75) is 38.6 Å². The standard InChI is InChI=1S/C21H25N3O.ClH/c1-2-4-16(5-3-1)13-22-14-17-6-8-19(9-7-17)25-20-10-11-21-18(12-20)15-23-24-21;/h6-12,15-16,22H,1-5,13-14H2,(H,23,24);1H. The van der Waals surface area contributed by atoms with E-state index in [-0.39, 0.29) is 12.4 Å². The molecule has 0 atom stereocenters. The number of H-pyrrole nitrogens is 1. The van der Waals surface area contributed by atoms with Gasteiger partial charge >= 0.3 is 0 Å². The molecule has 4 nitrogen and oxygen atoms in total. The molecular formula is C21H26ClN3O. The van der Waals surface area contributed by atoms with E-state index in [4.69, 9.17) is 4.74 Å². The van der Waals surface area contributed by atoms with Gasteiger partial charge in [-0.1, -0.05) is 31.4 Å². The van der Waals surface area contributed by atoms with Gasteiger partial charge in [0.05, 0.1) is 11.7 Å². The highest BCUT2D eigenvalue weighted by Gasteiger charge is 2.12. The van der Waals surface area contributed by atoms with Gasteiger partial charge in [0.15, 0.2) is 0 Å². The molecule has 0 spiro atoms. The molecule has 4 rings (SSSR count). The van der Waals surface area contributed by atoms with Gasteiger partial charge in [0, 0.05) is 11.9 Å². The molecule has 3 aromatic rings. The van der Waals surface area contributed by atoms with Crippen LogP contribution in [0.1, 0.15) is 37.7 Å². The molecule has 0 bridgehead atoms. The smallest absolute Gasteiger partial charge is 0.128 e. The Labute approximate surface area is 160 Å². The van der Waals surface area contributed by atoms with Crippen molar-refractivity contribution in [1.82, 2.24) is 15.5 Å². The van der Waals surface area contributed by atoms with Crippen molar-refractivity contribution >= 4 is 23.3 Å². The molecule has 0 saturated heterocycles. The SMILES string of the molecule is Cl.c1cc(Oc2ccc3[nH]ncc3c2)ccc1CNCC1CCCCC1. The lowest BCUT2D eigenvalue weighted by atomic mass is 9.89. The lowest BCUT2D eigenvalue weighted by molar-refractivity contribution is 0.342. The number of hydrogen-bond acceptors (Lipinski definition) is 3. The summed E-state index contributed by atoms with van der Waals surface area (Å²) in [6.45, 7) is 2.07. The first kappa shape index (κ1) is 18.7. The molecule has 2 aromatic carbocycles. The van der Waals surface area contributed by atoms with Crippen molar-refractivity contribution in [3.63, 3.8) is 0 Å². The number of aromatic nitrogens is 2. The maximum atomic E-state index is 5.95. The summed E-state index contributed by atoms with van der Waals surface area (Å²) < 4.78 is 5.95. The quantitative estimate of drug-likeness (QED) is 0.606. The van der Waals surface area contributed by atoms with E-state index in [0.29, 0.717) is 0 Å². The Kier molecular flexibility index (Phi) is 6.53. The van der Waals surface area contributed by atoms with Gasteiger partial charge in [0.2, 0.25) is 0 Å². The first-order chi connectivity index (χ1) is 12.4. The van der Waals surface area contributed by atoms with Crippen LogP contribution in [0.2, 0.25) is 0 Å². The molecule has 1 aliphatic rings. The third-order valence-corrected chi connectivity index (χ3v) is 5.06. The molecule has 2 N–H and O–H groups in total. The second-order valence-corrected chi connectivity index (χ2v) is 7.00. The Bertz CT molecular complexity index is 809. The molecule has 1 aliphatic carbocycles. The largest absolute Gasteiger partial charge is 0.457 e. The van der Waals surface area contributed by atoms with Gasteiger partial charge in [0.25, 0.3) is 0 Å². The van der Waals surface area contributed by atoms with E-state index in [1.807, 2.05) is 36.5 Å². The first-order valence-electron chi connectivity index (χ1n) is 9.27. The van der Waals surface area contributed by atoms with Crippen LogP contribution >= 0.6 is 12.4 Å². The van der Waals surface area contributed by atoms with Gasteiger partial charge < -0.3 is 10.1 Å². The number of aromatic amines is 1. The maximum absolute atomic E-state index is 5.95. The van der Waals surface area contributed by atoms with E-state index >= 15 is 0 Å². The van der Waals surface area contributed by atoms with E-state index in [1.165, 1.54) is 37.7 Å². The van der Waals surface area contributed by atoms with Crippen LogP contribution in [0.5, 0.6) is 11.5 Å². The number of halogens is 1. The van der Waals surface area contributed by atoms with E-state index in [9.17, 15) is 0 Å². The predicted octanol–water partition coefficient (Wildman–Crippen LogP) is 5.45. The summed E-state index contributed by atoms with van der Waals surface area (Å²) in [4.78, 5) is 0. The Morgan fingerprint density at radius 2 is 1.77 bits per heavy atom. The predicted molar refractivity (Wildman–Crippen MR) is 108 cm³/mol. The van der Waals surface area contributed by atoms with Crippen LogP contribution in [0, 0.1) is 5.92 Å². The van der Waals surface area contributed by atoms with Gasteiger partial charge in [-0.05, 0) is 61.2 Å². The Morgan fingerprint density at radius 1 is 1.00 bits per heavy atom. The summed E-state index contributed by atoms with van der Waals surface area (Å²) >= 11 is 0. The van der Waals surface area contributed by atoms with Gasteiger partial charge in [0.1, 0.15) is 11.5 Å². The number of fused-ring (bicyclic) bond motifs is 1. The molecule has 1 saturated carbocycles. The van der Waals surface area contributed by atoms with Crippen LogP contribution in [0.3, 0.4) is 0 Å². The fourth-order valence-electron chi connectivity index (χ4n) is 3.61. The third kappa shape index (κ3) is 4.77. The van der Waals surface area contributed by atoms with Crippen LogP contribution in [-0.2, 0) is 6.54 Å². The summed E-state index contributed by atoms with van der Waals surface area (Å²) in [5.74, 6) is 2.56. The number of benzene rings is 2. The highest BCUT2D eigenvalue weighted by atomic mass is 35.5. The zero-order valence-electron chi connectivity index (χ0n) is 14.9. The van der Waals surface area contributed by atoms with Gasteiger partial charge in [-0.3, -0.25) is 5.10 Å². The van der Waals surface area contributed by atoms with E-state index in [2.05, 4.69) is 27.6 Å². The average molecular weight is 372 g/mol. The molecule has 0 amide bonds. The van der Waals surface area contributed by atoms with Crippen LogP contribution in [0.25, 0.3) is 10.9 Å². The second-order valence-electron chi connectivity index (χ2n) is 7.00. The number of hydrogen-bond donors (Lipinski definition) is 2. The highest BCUT2D eigenvalue weighted by Crippen LogP contribution is 2.25. The zero-order valence-corrected chi connectivity index (χ0v) is 15.7. The normalized spacial score (nSPS) is 14.9. The lowest BCUT2D eigenvalue weighted by Crippen LogP contribution is -2.24. The Hall–Kier alpha value is -2.04. The van der Waals surface area contributed by atoms with Gasteiger partial charge in [-0.15, -0.1) is 12.4 Å². The molecule has 5 heteroatoms. The molecule has 0 aliphatic heterocycles. The molecule has 26 heavy (non-hydrogen) atoms. The van der Waals surface area contributed by atoms with Crippen molar-refractivity contribution in [2.75, 3.05) is 6.54 Å². The molecule has 1 aromatic heterocycles. The molecular weight excluding hydrogens is 346 g/mol. The molecule has 138 valence electrons. The number of ether oxygens (including phenoxy) is 1. The summed E-state index contributed by atoms with van der Waals surface area (Å²) in [5.41, 5.74) is 2.32. The summed E-state index contributed by atoms with van der Waals surface area (Å²) in [7, 11) is 0. The average Bonchev–Trinajstić information content (AvgIpc) is 3.12. The minimum atomic E-state index is 0. The topological polar surface area (TPSA) is 49.9 Å². The van der Waals surface area contributed by atoms with Crippen molar-refractivity contribution in [2.24, 2.45) is 5.92 Å². The second kappa shape index (κ2) is 9.06. The Balaban J connectivity index is 0.00000196. The fraction of sp³-hybridized carbons (Fsp3) is 0.381. The minimum Gasteiger partial charge on any atom is -0.457 e. The van der Waals surface area contributed by atoms with Crippen LogP contribution < -0.4 is 10.1 Å². The minimum absolute atomic E-state index is 0. The number of nitrogens with one attached hydrogen (secondary N) is 2. The van der Waals surface area contributed by atoms with E-state index < -0.39 is 0 Å². The third-order valence-electron chi connectivity index (χ3n) is 5.06. The van der Waals surface area contributed by atoms with Gasteiger partial charge in [-0.2, -0.15) is 5.10 Å². The summed E-state index contributed by atoms with van der Waals surface area (Å²) in [5, 5.41) is 11.6. The molecule has 0 unspecified atom stereocenters. The monoisotopic (exact) mass is 371 g/mol. The lowest BCUT2D eigenvalue weighted by Gasteiger charge is -2.21. The number of nitrogens with zero attached hydrogens (tertiary/aromatic N) is 1. The fourth-order valence-corrected chi connectivity index (χ4v) is 3.61. The van der Waals surface area contributed by atoms with Crippen molar-refractivity contribution < 1.29 is 4.74 Å². The van der Waals surface area contributed by atoms with Crippen LogP contribution in [-0.4, -0.2) is 16.7 Å². The Morgan fingerprint density at radius 3 is 2.58 bits per heavy atom. The summed E-state index contributed by atoms with van der Waals surface area (Å²) in [6, 6.07) is 14.3. The maximum Gasteiger partial charge on any atom is 0.128 e. The molecule has 0 radical (unpaired) electrons. The van der Waals surface area contributed by atoms with Crippen molar-refractivity contribution in [3.05, 3.63) is 54.2 Å². The van der Waals surface area contributed by atoms with E-state index in [0.717, 1.165) is 41.4 Å².